The van der Waals surface area contributed by atoms with Crippen molar-refractivity contribution in [2.24, 2.45) is 0 Å². The Morgan fingerprint density at radius 1 is 0.857 bits per heavy atom. The first-order valence-electron chi connectivity index (χ1n) is 9.75. The van der Waals surface area contributed by atoms with E-state index in [0.29, 0.717) is 34.3 Å². The lowest BCUT2D eigenvalue weighted by Crippen LogP contribution is -2.15. The number of benzene rings is 2. The number of hydrogen-bond acceptors (Lipinski definition) is 6. The van der Waals surface area contributed by atoms with Gasteiger partial charge in [0.1, 0.15) is 11.4 Å². The molecular weight excluding hydrogens is 496 g/mol. The largest absolute Gasteiger partial charge is 0.423 e. The van der Waals surface area contributed by atoms with Gasteiger partial charge in [-0.2, -0.15) is 26.3 Å². The maximum atomic E-state index is 13.1. The van der Waals surface area contributed by atoms with Crippen LogP contribution in [0.15, 0.2) is 72.2 Å². The van der Waals surface area contributed by atoms with Gasteiger partial charge >= 0.3 is 18.3 Å². The summed E-state index contributed by atoms with van der Waals surface area (Å²) in [6.45, 7) is 0. The zero-order chi connectivity index (χ0) is 25.2. The van der Waals surface area contributed by atoms with E-state index < -0.39 is 35.0 Å². The molecule has 0 aliphatic heterocycles. The third-order valence-corrected chi connectivity index (χ3v) is 5.31. The van der Waals surface area contributed by atoms with Crippen molar-refractivity contribution >= 4 is 28.1 Å². The molecule has 1 N–H and O–H groups in total. The van der Waals surface area contributed by atoms with Crippen LogP contribution in [0.4, 0.5) is 37.2 Å². The maximum Gasteiger partial charge on any atom is 0.416 e. The third-order valence-electron chi connectivity index (χ3n) is 4.55. The molecular formula is C23H13F6N3O2S. The lowest BCUT2D eigenvalue weighted by molar-refractivity contribution is -0.143. The molecule has 0 saturated carbocycles. The monoisotopic (exact) mass is 509 g/mol. The molecule has 0 aliphatic carbocycles. The molecule has 0 radical (unpaired) electrons. The molecule has 0 fully saturated rings. The molecule has 0 saturated heterocycles. The highest BCUT2D eigenvalue weighted by molar-refractivity contribution is 7.14. The van der Waals surface area contributed by atoms with Gasteiger partial charge in [0.05, 0.1) is 22.4 Å². The standard InChI is InChI=1S/C23H13F6N3O2S/c24-22(25,26)14-8-13(9-15(10-14)23(27,28)29)20(33)34-17-5-3-4-16(11-17)31-21-32-19(12-35-21)18-6-1-2-7-30-18/h1-12H,(H,31,32). The molecule has 2 aromatic heterocycles. The van der Waals surface area contributed by atoms with Gasteiger partial charge in [-0.1, -0.05) is 12.1 Å². The molecule has 0 amide bonds. The number of carbonyl (C=O) groups is 1. The molecule has 180 valence electrons. The smallest absolute Gasteiger partial charge is 0.416 e. The van der Waals surface area contributed by atoms with Crippen LogP contribution in [-0.2, 0) is 12.4 Å². The Bertz CT molecular complexity index is 1320. The Morgan fingerprint density at radius 2 is 1.57 bits per heavy atom. The van der Waals surface area contributed by atoms with Gasteiger partial charge in [-0.3, -0.25) is 4.98 Å². The number of rotatable bonds is 5. The van der Waals surface area contributed by atoms with Crippen LogP contribution < -0.4 is 10.1 Å². The average Bonchev–Trinajstić information content (AvgIpc) is 3.27. The average molecular weight is 509 g/mol. The number of pyridine rings is 1. The van der Waals surface area contributed by atoms with Gasteiger partial charge in [0.25, 0.3) is 0 Å². The van der Waals surface area contributed by atoms with Crippen LogP contribution in [0.3, 0.4) is 0 Å². The number of alkyl halides is 6. The van der Waals surface area contributed by atoms with Crippen molar-refractivity contribution in [1.29, 1.82) is 0 Å². The number of nitrogens with one attached hydrogen (secondary N) is 1. The van der Waals surface area contributed by atoms with Crippen molar-refractivity contribution in [1.82, 2.24) is 9.97 Å². The van der Waals surface area contributed by atoms with Crippen LogP contribution in [0.2, 0.25) is 0 Å². The van der Waals surface area contributed by atoms with E-state index in [1.807, 2.05) is 6.07 Å². The molecule has 4 rings (SSSR count). The summed E-state index contributed by atoms with van der Waals surface area (Å²) in [6, 6.07) is 11.7. The first-order valence-corrected chi connectivity index (χ1v) is 10.6. The molecule has 12 heteroatoms. The number of nitrogens with zero attached hydrogens (tertiary/aromatic N) is 2. The van der Waals surface area contributed by atoms with Crippen molar-refractivity contribution in [2.75, 3.05) is 5.32 Å². The minimum atomic E-state index is -5.08. The minimum Gasteiger partial charge on any atom is -0.423 e. The van der Waals surface area contributed by atoms with Crippen molar-refractivity contribution in [3.05, 3.63) is 88.9 Å². The summed E-state index contributed by atoms with van der Waals surface area (Å²) in [5, 5.41) is 5.26. The summed E-state index contributed by atoms with van der Waals surface area (Å²) in [5.41, 5.74) is -2.38. The molecule has 0 spiro atoms. The summed E-state index contributed by atoms with van der Waals surface area (Å²) >= 11 is 1.28. The zero-order valence-electron chi connectivity index (χ0n) is 17.3. The highest BCUT2D eigenvalue weighted by Crippen LogP contribution is 2.36. The number of aromatic nitrogens is 2. The van der Waals surface area contributed by atoms with Crippen molar-refractivity contribution < 1.29 is 35.9 Å². The summed E-state index contributed by atoms with van der Waals surface area (Å²) in [4.78, 5) is 21.0. The van der Waals surface area contributed by atoms with E-state index in [1.54, 1.807) is 29.8 Å². The second kappa shape index (κ2) is 9.37. The summed E-state index contributed by atoms with van der Waals surface area (Å²) in [6.07, 6.45) is -8.54. The SMILES string of the molecule is O=C(Oc1cccc(Nc2nc(-c3ccccn3)cs2)c1)c1cc(C(F)(F)F)cc(C(F)(F)F)c1. The van der Waals surface area contributed by atoms with Crippen LogP contribution in [-0.4, -0.2) is 15.9 Å². The molecule has 2 heterocycles. The number of halogens is 6. The van der Waals surface area contributed by atoms with Gasteiger partial charge in [0.2, 0.25) is 0 Å². The Balaban J connectivity index is 1.53. The Labute approximate surface area is 198 Å². The molecule has 0 aliphatic rings. The molecule has 5 nitrogen and oxygen atoms in total. The first-order chi connectivity index (χ1) is 16.5. The van der Waals surface area contributed by atoms with Crippen LogP contribution in [0, 0.1) is 0 Å². The fourth-order valence-electron chi connectivity index (χ4n) is 2.96. The molecule has 0 bridgehead atoms. The van der Waals surface area contributed by atoms with Gasteiger partial charge < -0.3 is 10.1 Å². The maximum absolute atomic E-state index is 13.1. The van der Waals surface area contributed by atoms with E-state index in [-0.39, 0.29) is 11.8 Å². The number of esters is 1. The van der Waals surface area contributed by atoms with Gasteiger partial charge in [0, 0.05) is 23.3 Å². The lowest BCUT2D eigenvalue weighted by atomic mass is 10.0. The number of anilines is 2. The normalized spacial score (nSPS) is 11.8. The summed E-state index contributed by atoms with van der Waals surface area (Å²) in [7, 11) is 0. The molecule has 2 aromatic carbocycles. The van der Waals surface area contributed by atoms with Gasteiger partial charge in [0.15, 0.2) is 5.13 Å². The fourth-order valence-corrected chi connectivity index (χ4v) is 3.69. The van der Waals surface area contributed by atoms with Gasteiger partial charge in [-0.25, -0.2) is 9.78 Å². The number of hydrogen-bond donors (Lipinski definition) is 1. The predicted molar refractivity (Wildman–Crippen MR) is 116 cm³/mol. The highest BCUT2D eigenvalue weighted by Gasteiger charge is 2.37. The molecule has 0 unspecified atom stereocenters. The zero-order valence-corrected chi connectivity index (χ0v) is 18.1. The lowest BCUT2D eigenvalue weighted by Gasteiger charge is -2.14. The molecule has 4 aromatic rings. The van der Waals surface area contributed by atoms with Crippen molar-refractivity contribution in [3.63, 3.8) is 0 Å². The van der Waals surface area contributed by atoms with Crippen LogP contribution in [0.1, 0.15) is 21.5 Å². The van der Waals surface area contributed by atoms with Crippen molar-refractivity contribution in [3.8, 4) is 17.1 Å². The summed E-state index contributed by atoms with van der Waals surface area (Å²) in [5.74, 6) is -1.46. The predicted octanol–water partition coefficient (Wildman–Crippen LogP) is 7.21. The Morgan fingerprint density at radius 3 is 2.20 bits per heavy atom. The topological polar surface area (TPSA) is 64.1 Å². The van der Waals surface area contributed by atoms with Crippen molar-refractivity contribution in [2.45, 2.75) is 12.4 Å². The Kier molecular flexibility index (Phi) is 6.48. The quantitative estimate of drug-likeness (QED) is 0.175. The van der Waals surface area contributed by atoms with Gasteiger partial charge in [-0.15, -0.1) is 11.3 Å². The molecule has 35 heavy (non-hydrogen) atoms. The van der Waals surface area contributed by atoms with E-state index in [0.717, 1.165) is 0 Å². The highest BCUT2D eigenvalue weighted by atomic mass is 32.1. The molecule has 0 atom stereocenters. The second-order valence-corrected chi connectivity index (χ2v) is 7.95. The number of thiazole rings is 1. The third kappa shape index (κ3) is 5.96. The van der Waals surface area contributed by atoms with E-state index in [4.69, 9.17) is 4.74 Å². The minimum absolute atomic E-state index is 0.0609. The summed E-state index contributed by atoms with van der Waals surface area (Å²) < 4.78 is 83.4. The fraction of sp³-hybridized carbons (Fsp3) is 0.0870. The van der Waals surface area contributed by atoms with E-state index in [1.165, 1.54) is 29.5 Å². The van der Waals surface area contributed by atoms with Crippen LogP contribution >= 0.6 is 11.3 Å². The van der Waals surface area contributed by atoms with E-state index in [9.17, 15) is 31.1 Å². The van der Waals surface area contributed by atoms with E-state index in [2.05, 4.69) is 15.3 Å². The first kappa shape index (κ1) is 24.2. The number of carbonyl (C=O) groups excluding carboxylic acids is 1. The van der Waals surface area contributed by atoms with Crippen LogP contribution in [0.5, 0.6) is 5.75 Å². The van der Waals surface area contributed by atoms with Crippen LogP contribution in [0.25, 0.3) is 11.4 Å². The number of ether oxygens (including phenoxy) is 1. The van der Waals surface area contributed by atoms with Gasteiger partial charge in [-0.05, 0) is 42.5 Å². The second-order valence-electron chi connectivity index (χ2n) is 7.09. The Hall–Kier alpha value is -3.93. The van der Waals surface area contributed by atoms with E-state index >= 15 is 0 Å².